The molecule has 150 valence electrons. The van der Waals surface area contributed by atoms with E-state index in [0.29, 0.717) is 23.4 Å². The molecule has 1 aromatic heterocycles. The van der Waals surface area contributed by atoms with Gasteiger partial charge in [0.15, 0.2) is 0 Å². The molecule has 6 nitrogen and oxygen atoms in total. The first-order chi connectivity index (χ1) is 13.9. The Morgan fingerprint density at radius 3 is 2.41 bits per heavy atom. The molecule has 0 spiro atoms. The van der Waals surface area contributed by atoms with Gasteiger partial charge in [-0.2, -0.15) is 0 Å². The molecule has 29 heavy (non-hydrogen) atoms. The van der Waals surface area contributed by atoms with Gasteiger partial charge in [0.1, 0.15) is 11.6 Å². The van der Waals surface area contributed by atoms with Crippen molar-refractivity contribution in [2.45, 2.75) is 6.04 Å². The van der Waals surface area contributed by atoms with Crippen molar-refractivity contribution in [3.63, 3.8) is 0 Å². The highest BCUT2D eigenvalue weighted by molar-refractivity contribution is 6.05. The second kappa shape index (κ2) is 9.16. The minimum atomic E-state index is -0.411. The van der Waals surface area contributed by atoms with Crippen LogP contribution in [-0.4, -0.2) is 37.4 Å². The van der Waals surface area contributed by atoms with Crippen LogP contribution in [0.25, 0.3) is 0 Å². The first kappa shape index (κ1) is 20.3. The fourth-order valence-electron chi connectivity index (χ4n) is 2.85. The minimum absolute atomic E-state index is 0.102. The molecule has 0 aliphatic heterocycles. The third kappa shape index (κ3) is 5.30. The van der Waals surface area contributed by atoms with Gasteiger partial charge in [0, 0.05) is 23.4 Å². The number of anilines is 1. The standard InChI is InChI=1S/C22H22FN3O3/c1-26(2)19(20-7-4-12-29-20)14-24-21(27)16-5-3-6-18(13-16)25-22(28)15-8-10-17(23)11-9-15/h3-13,19H,14H2,1-2H3,(H,24,27)(H,25,28). The van der Waals surface area contributed by atoms with Crippen LogP contribution >= 0.6 is 0 Å². The molecule has 0 saturated carbocycles. The van der Waals surface area contributed by atoms with E-state index in [9.17, 15) is 14.0 Å². The number of nitrogens with one attached hydrogen (secondary N) is 2. The number of likely N-dealkylation sites (N-methyl/N-ethyl adjacent to an activating group) is 1. The van der Waals surface area contributed by atoms with Crippen LogP contribution in [0.5, 0.6) is 0 Å². The van der Waals surface area contributed by atoms with Crippen LogP contribution in [0.15, 0.2) is 71.3 Å². The van der Waals surface area contributed by atoms with Crippen molar-refractivity contribution in [3.05, 3.63) is 89.6 Å². The van der Waals surface area contributed by atoms with E-state index in [4.69, 9.17) is 4.42 Å². The second-order valence-corrected chi connectivity index (χ2v) is 6.75. The number of hydrogen-bond acceptors (Lipinski definition) is 4. The number of furan rings is 1. The van der Waals surface area contributed by atoms with Crippen LogP contribution in [0.1, 0.15) is 32.5 Å². The molecule has 7 heteroatoms. The number of benzene rings is 2. The monoisotopic (exact) mass is 395 g/mol. The lowest BCUT2D eigenvalue weighted by atomic mass is 10.1. The van der Waals surface area contributed by atoms with E-state index in [1.54, 1.807) is 36.6 Å². The molecular weight excluding hydrogens is 373 g/mol. The molecule has 0 aliphatic carbocycles. The molecule has 0 bridgehead atoms. The average molecular weight is 395 g/mol. The number of rotatable bonds is 7. The molecule has 2 N–H and O–H groups in total. The first-order valence-electron chi connectivity index (χ1n) is 9.09. The van der Waals surface area contributed by atoms with Gasteiger partial charge in [-0.05, 0) is 68.7 Å². The van der Waals surface area contributed by atoms with E-state index >= 15 is 0 Å². The molecule has 0 aliphatic rings. The van der Waals surface area contributed by atoms with Crippen LogP contribution in [0.4, 0.5) is 10.1 Å². The van der Waals surface area contributed by atoms with Crippen molar-refractivity contribution < 1.29 is 18.4 Å². The van der Waals surface area contributed by atoms with Crippen LogP contribution in [0.2, 0.25) is 0 Å². The number of hydrogen-bond donors (Lipinski definition) is 2. The SMILES string of the molecule is CN(C)C(CNC(=O)c1cccc(NC(=O)c2ccc(F)cc2)c1)c1ccco1. The highest BCUT2D eigenvalue weighted by Crippen LogP contribution is 2.18. The second-order valence-electron chi connectivity index (χ2n) is 6.75. The number of carbonyl (C=O) groups is 2. The molecule has 3 aromatic rings. The zero-order valence-corrected chi connectivity index (χ0v) is 16.2. The van der Waals surface area contributed by atoms with Crippen LogP contribution < -0.4 is 10.6 Å². The Morgan fingerprint density at radius 2 is 1.76 bits per heavy atom. The van der Waals surface area contributed by atoms with Gasteiger partial charge in [0.05, 0.1) is 12.3 Å². The Balaban J connectivity index is 1.64. The molecule has 1 unspecified atom stereocenters. The third-order valence-electron chi connectivity index (χ3n) is 4.44. The maximum absolute atomic E-state index is 13.0. The van der Waals surface area contributed by atoms with Gasteiger partial charge in [0.25, 0.3) is 11.8 Å². The van der Waals surface area contributed by atoms with Gasteiger partial charge in [-0.3, -0.25) is 14.5 Å². The zero-order valence-electron chi connectivity index (χ0n) is 16.2. The summed E-state index contributed by atoms with van der Waals surface area (Å²) in [6.07, 6.45) is 1.60. The predicted octanol–water partition coefficient (Wildman–Crippen LogP) is 3.70. The summed E-state index contributed by atoms with van der Waals surface area (Å²) in [7, 11) is 3.82. The lowest BCUT2D eigenvalue weighted by molar-refractivity contribution is 0.0938. The van der Waals surface area contributed by atoms with E-state index in [-0.39, 0.29) is 17.9 Å². The summed E-state index contributed by atoms with van der Waals surface area (Å²) in [5, 5.41) is 5.61. The topological polar surface area (TPSA) is 74.6 Å². The molecule has 2 aromatic carbocycles. The maximum Gasteiger partial charge on any atom is 0.255 e. The largest absolute Gasteiger partial charge is 0.468 e. The van der Waals surface area contributed by atoms with Gasteiger partial charge in [0.2, 0.25) is 0 Å². The lowest BCUT2D eigenvalue weighted by Gasteiger charge is -2.22. The summed E-state index contributed by atoms with van der Waals surface area (Å²) in [5.41, 5.74) is 1.22. The van der Waals surface area contributed by atoms with Crippen molar-refractivity contribution >= 4 is 17.5 Å². The molecule has 0 fully saturated rings. The van der Waals surface area contributed by atoms with E-state index < -0.39 is 5.82 Å². The Morgan fingerprint density at radius 1 is 1.00 bits per heavy atom. The smallest absolute Gasteiger partial charge is 0.255 e. The highest BCUT2D eigenvalue weighted by Gasteiger charge is 2.18. The quantitative estimate of drug-likeness (QED) is 0.640. The van der Waals surface area contributed by atoms with E-state index in [1.807, 2.05) is 25.1 Å². The van der Waals surface area contributed by atoms with Gasteiger partial charge in [-0.25, -0.2) is 4.39 Å². The van der Waals surface area contributed by atoms with Gasteiger partial charge in [-0.15, -0.1) is 0 Å². The van der Waals surface area contributed by atoms with E-state index in [1.165, 1.54) is 24.3 Å². The zero-order chi connectivity index (χ0) is 20.8. The van der Waals surface area contributed by atoms with Gasteiger partial charge < -0.3 is 15.1 Å². The van der Waals surface area contributed by atoms with E-state index in [0.717, 1.165) is 5.76 Å². The van der Waals surface area contributed by atoms with Crippen molar-refractivity contribution in [3.8, 4) is 0 Å². The third-order valence-corrected chi connectivity index (χ3v) is 4.44. The summed E-state index contributed by atoms with van der Waals surface area (Å²) >= 11 is 0. The number of carbonyl (C=O) groups excluding carboxylic acids is 2. The van der Waals surface area contributed by atoms with Crippen LogP contribution in [-0.2, 0) is 0 Å². The first-order valence-corrected chi connectivity index (χ1v) is 9.09. The molecule has 0 saturated heterocycles. The van der Waals surface area contributed by atoms with Gasteiger partial charge in [-0.1, -0.05) is 6.07 Å². The summed E-state index contributed by atoms with van der Waals surface area (Å²) in [4.78, 5) is 26.8. The number of halogens is 1. The molecule has 0 radical (unpaired) electrons. The average Bonchev–Trinajstić information content (AvgIpc) is 3.23. The molecule has 1 heterocycles. The van der Waals surface area contributed by atoms with Crippen LogP contribution in [0.3, 0.4) is 0 Å². The Labute approximate surface area is 168 Å². The van der Waals surface area contributed by atoms with Crippen molar-refractivity contribution in [2.24, 2.45) is 0 Å². The Hall–Kier alpha value is -3.45. The summed E-state index contributed by atoms with van der Waals surface area (Å²) in [6.45, 7) is 0.367. The lowest BCUT2D eigenvalue weighted by Crippen LogP contribution is -2.34. The fourth-order valence-corrected chi connectivity index (χ4v) is 2.85. The van der Waals surface area contributed by atoms with Crippen molar-refractivity contribution in [2.75, 3.05) is 26.0 Å². The Bertz CT molecular complexity index is 969. The number of amides is 2. The summed E-state index contributed by atoms with van der Waals surface area (Å²) < 4.78 is 18.4. The highest BCUT2D eigenvalue weighted by atomic mass is 19.1. The predicted molar refractivity (Wildman–Crippen MR) is 108 cm³/mol. The van der Waals surface area contributed by atoms with E-state index in [2.05, 4.69) is 10.6 Å². The van der Waals surface area contributed by atoms with Gasteiger partial charge >= 0.3 is 0 Å². The fraction of sp³-hybridized carbons (Fsp3) is 0.182. The normalized spacial score (nSPS) is 11.9. The molecule has 1 atom stereocenters. The van der Waals surface area contributed by atoms with Crippen molar-refractivity contribution in [1.82, 2.24) is 10.2 Å². The van der Waals surface area contributed by atoms with Crippen molar-refractivity contribution in [1.29, 1.82) is 0 Å². The number of nitrogens with zero attached hydrogens (tertiary/aromatic N) is 1. The molecule has 2 amide bonds. The molecular formula is C22H22FN3O3. The summed E-state index contributed by atoms with van der Waals surface area (Å²) in [5.74, 6) is -0.296. The summed E-state index contributed by atoms with van der Waals surface area (Å²) in [6, 6.07) is 15.4. The minimum Gasteiger partial charge on any atom is -0.468 e. The van der Waals surface area contributed by atoms with Crippen LogP contribution in [0, 0.1) is 5.82 Å². The molecule has 3 rings (SSSR count). The maximum atomic E-state index is 13.0. The Kier molecular flexibility index (Phi) is 6.41.